The lowest BCUT2D eigenvalue weighted by Crippen LogP contribution is -2.02. The Morgan fingerprint density at radius 2 is 2.26 bits per heavy atom. The number of hydrogen-bond donors (Lipinski definition) is 0. The first-order valence-corrected chi connectivity index (χ1v) is 7.82. The van der Waals surface area contributed by atoms with Crippen molar-refractivity contribution >= 4 is 49.9 Å². The van der Waals surface area contributed by atoms with Crippen LogP contribution in [0.3, 0.4) is 0 Å². The van der Waals surface area contributed by atoms with E-state index in [0.29, 0.717) is 17.9 Å². The third-order valence-electron chi connectivity index (χ3n) is 2.86. The van der Waals surface area contributed by atoms with Crippen LogP contribution >= 0.6 is 38.9 Å². The van der Waals surface area contributed by atoms with Crippen LogP contribution in [0.2, 0.25) is 0 Å². The van der Waals surface area contributed by atoms with Crippen molar-refractivity contribution in [2.75, 3.05) is 0 Å². The van der Waals surface area contributed by atoms with Gasteiger partial charge in [0.1, 0.15) is 11.3 Å². The van der Waals surface area contributed by atoms with Crippen molar-refractivity contribution < 1.29 is 4.39 Å². The molecular weight excluding hydrogens is 351 g/mol. The van der Waals surface area contributed by atoms with E-state index in [4.69, 9.17) is 11.6 Å². The van der Waals surface area contributed by atoms with Crippen molar-refractivity contribution in [1.29, 1.82) is 0 Å². The molecule has 0 amide bonds. The molecule has 98 valence electrons. The molecule has 0 spiro atoms. The molecule has 2 nitrogen and oxygen atoms in total. The molecule has 0 radical (unpaired) electrons. The van der Waals surface area contributed by atoms with Crippen LogP contribution in [0.15, 0.2) is 34.1 Å². The maximum Gasteiger partial charge on any atom is 0.151 e. The van der Waals surface area contributed by atoms with Crippen molar-refractivity contribution in [3.8, 4) is 0 Å². The second-order valence-corrected chi connectivity index (χ2v) is 6.27. The Labute approximate surface area is 127 Å². The Hall–Kier alpha value is -0.910. The van der Waals surface area contributed by atoms with Crippen molar-refractivity contribution in [2.45, 2.75) is 12.4 Å². The number of alkyl halides is 1. The third-order valence-corrected chi connectivity index (χ3v) is 4.79. The summed E-state index contributed by atoms with van der Waals surface area (Å²) in [4.78, 5) is 5.45. The van der Waals surface area contributed by atoms with Gasteiger partial charge in [0.15, 0.2) is 5.82 Å². The van der Waals surface area contributed by atoms with Gasteiger partial charge in [-0.15, -0.1) is 22.9 Å². The zero-order valence-corrected chi connectivity index (χ0v) is 12.9. The summed E-state index contributed by atoms with van der Waals surface area (Å²) in [6, 6.07) is 7.02. The molecule has 19 heavy (non-hydrogen) atoms. The summed E-state index contributed by atoms with van der Waals surface area (Å²) < 4.78 is 16.7. The van der Waals surface area contributed by atoms with Crippen molar-refractivity contribution in [3.63, 3.8) is 0 Å². The summed E-state index contributed by atoms with van der Waals surface area (Å²) in [6.45, 7) is 0.651. The molecule has 2 aromatic heterocycles. The summed E-state index contributed by atoms with van der Waals surface area (Å²) >= 11 is 11.0. The molecule has 0 aliphatic carbocycles. The summed E-state index contributed by atoms with van der Waals surface area (Å²) in [6.07, 6.45) is 0. The van der Waals surface area contributed by atoms with Crippen molar-refractivity contribution in [1.82, 2.24) is 9.55 Å². The van der Waals surface area contributed by atoms with Gasteiger partial charge in [-0.25, -0.2) is 9.37 Å². The summed E-state index contributed by atoms with van der Waals surface area (Å²) in [5, 5.41) is 2.02. The Balaban J connectivity index is 2.13. The van der Waals surface area contributed by atoms with Crippen LogP contribution in [-0.4, -0.2) is 9.55 Å². The maximum atomic E-state index is 13.7. The lowest BCUT2D eigenvalue weighted by molar-refractivity contribution is 0.637. The number of halogens is 3. The lowest BCUT2D eigenvalue weighted by Gasteiger charge is -2.05. The Morgan fingerprint density at radius 3 is 2.95 bits per heavy atom. The van der Waals surface area contributed by atoms with Gasteiger partial charge in [-0.05, 0) is 34.1 Å². The highest BCUT2D eigenvalue weighted by molar-refractivity contribution is 9.10. The summed E-state index contributed by atoms with van der Waals surface area (Å²) in [5.74, 6) is 0.641. The van der Waals surface area contributed by atoms with E-state index >= 15 is 0 Å². The molecule has 0 bridgehead atoms. The number of aromatic nitrogens is 2. The SMILES string of the molecule is Fc1cccc2c1nc(CCl)n2Cc1cc(Br)cs1. The van der Waals surface area contributed by atoms with Gasteiger partial charge in [-0.2, -0.15) is 0 Å². The molecule has 0 fully saturated rings. The second-order valence-electron chi connectivity index (χ2n) is 4.09. The molecule has 6 heteroatoms. The number of nitrogens with zero attached hydrogens (tertiary/aromatic N) is 2. The minimum absolute atomic E-state index is 0.265. The highest BCUT2D eigenvalue weighted by atomic mass is 79.9. The topological polar surface area (TPSA) is 17.8 Å². The number of hydrogen-bond acceptors (Lipinski definition) is 2. The first-order valence-electron chi connectivity index (χ1n) is 5.61. The number of rotatable bonds is 3. The van der Waals surface area contributed by atoms with E-state index in [-0.39, 0.29) is 11.7 Å². The Morgan fingerprint density at radius 1 is 1.42 bits per heavy atom. The average molecular weight is 360 g/mol. The molecule has 0 saturated carbocycles. The van der Waals surface area contributed by atoms with Gasteiger partial charge in [0.25, 0.3) is 0 Å². The van der Waals surface area contributed by atoms with Crippen LogP contribution in [0.4, 0.5) is 4.39 Å². The highest BCUT2D eigenvalue weighted by Gasteiger charge is 2.13. The van der Waals surface area contributed by atoms with Gasteiger partial charge in [0, 0.05) is 14.7 Å². The van der Waals surface area contributed by atoms with E-state index < -0.39 is 0 Å². The Kier molecular flexibility index (Phi) is 3.60. The van der Waals surface area contributed by atoms with E-state index in [9.17, 15) is 4.39 Å². The molecule has 3 rings (SSSR count). The van der Waals surface area contributed by atoms with Crippen LogP contribution in [-0.2, 0) is 12.4 Å². The van der Waals surface area contributed by atoms with Crippen LogP contribution in [0, 0.1) is 5.82 Å². The third kappa shape index (κ3) is 2.42. The molecule has 0 aliphatic rings. The minimum Gasteiger partial charge on any atom is -0.322 e. The van der Waals surface area contributed by atoms with Gasteiger partial charge in [0.05, 0.1) is 17.9 Å². The fraction of sp³-hybridized carbons (Fsp3) is 0.154. The molecular formula is C13H9BrClFN2S. The lowest BCUT2D eigenvalue weighted by atomic mass is 10.3. The first kappa shape index (κ1) is 13.1. The summed E-state index contributed by atoms with van der Waals surface area (Å²) in [7, 11) is 0. The predicted octanol–water partition coefficient (Wildman–Crippen LogP) is 4.79. The van der Waals surface area contributed by atoms with Crippen molar-refractivity contribution in [2.24, 2.45) is 0 Å². The van der Waals surface area contributed by atoms with Gasteiger partial charge < -0.3 is 4.57 Å². The molecule has 3 aromatic rings. The largest absolute Gasteiger partial charge is 0.322 e. The standard InChI is InChI=1S/C13H9BrClFN2S/c14-8-4-9(19-7-8)6-18-11-3-1-2-10(16)13(11)17-12(18)5-15/h1-4,7H,5-6H2. The molecule has 0 atom stereocenters. The van der Waals surface area contributed by atoms with Crippen LogP contribution in [0.5, 0.6) is 0 Å². The molecule has 0 saturated heterocycles. The van der Waals surface area contributed by atoms with E-state index in [1.54, 1.807) is 17.4 Å². The number of benzene rings is 1. The van der Waals surface area contributed by atoms with E-state index in [1.807, 2.05) is 22.1 Å². The predicted molar refractivity (Wildman–Crippen MR) is 80.4 cm³/mol. The molecule has 2 heterocycles. The quantitative estimate of drug-likeness (QED) is 0.615. The molecule has 0 aliphatic heterocycles. The fourth-order valence-corrected chi connectivity index (χ4v) is 3.67. The minimum atomic E-state index is -0.310. The zero-order chi connectivity index (χ0) is 13.4. The van der Waals surface area contributed by atoms with Crippen LogP contribution < -0.4 is 0 Å². The zero-order valence-electron chi connectivity index (χ0n) is 9.74. The highest BCUT2D eigenvalue weighted by Crippen LogP contribution is 2.25. The van der Waals surface area contributed by atoms with E-state index in [2.05, 4.69) is 20.9 Å². The average Bonchev–Trinajstić information content (AvgIpc) is 2.96. The second kappa shape index (κ2) is 5.23. The van der Waals surface area contributed by atoms with Crippen LogP contribution in [0.25, 0.3) is 11.0 Å². The Bertz CT molecular complexity index is 737. The number of thiophene rings is 1. The van der Waals surface area contributed by atoms with Gasteiger partial charge in [-0.1, -0.05) is 6.07 Å². The fourth-order valence-electron chi connectivity index (χ4n) is 2.03. The van der Waals surface area contributed by atoms with E-state index in [0.717, 1.165) is 9.99 Å². The first-order chi connectivity index (χ1) is 9.19. The molecule has 0 unspecified atom stereocenters. The van der Waals surface area contributed by atoms with Gasteiger partial charge in [0.2, 0.25) is 0 Å². The van der Waals surface area contributed by atoms with Crippen molar-refractivity contribution in [3.05, 3.63) is 50.6 Å². The normalized spacial score (nSPS) is 11.3. The number of fused-ring (bicyclic) bond motifs is 1. The monoisotopic (exact) mass is 358 g/mol. The number of imidazole rings is 1. The van der Waals surface area contributed by atoms with E-state index in [1.165, 1.54) is 10.9 Å². The van der Waals surface area contributed by atoms with Gasteiger partial charge >= 0.3 is 0 Å². The summed E-state index contributed by atoms with van der Waals surface area (Å²) in [5.41, 5.74) is 1.16. The number of para-hydroxylation sites is 1. The molecule has 1 aromatic carbocycles. The smallest absolute Gasteiger partial charge is 0.151 e. The van der Waals surface area contributed by atoms with Crippen LogP contribution in [0.1, 0.15) is 10.7 Å². The maximum absolute atomic E-state index is 13.7. The molecule has 0 N–H and O–H groups in total. The van der Waals surface area contributed by atoms with Gasteiger partial charge in [-0.3, -0.25) is 0 Å².